The quantitative estimate of drug-likeness (QED) is 0.101. The van der Waals surface area contributed by atoms with Crippen molar-refractivity contribution in [1.29, 1.82) is 0 Å². The van der Waals surface area contributed by atoms with E-state index >= 15 is 0 Å². The number of nitrogens with zero attached hydrogens (tertiary/aromatic N) is 1. The number of fused-ring (bicyclic) bond motifs is 4. The van der Waals surface area contributed by atoms with E-state index in [1.54, 1.807) is 7.05 Å². The first-order chi connectivity index (χ1) is 20.9. The van der Waals surface area contributed by atoms with Crippen molar-refractivity contribution in [2.75, 3.05) is 20.7 Å². The molecule has 2 aromatic rings. The molecule has 0 bridgehead atoms. The van der Waals surface area contributed by atoms with Crippen molar-refractivity contribution >= 4 is 50.3 Å². The molecule has 4 aliphatic carbocycles. The van der Waals surface area contributed by atoms with Gasteiger partial charge in [0.1, 0.15) is 22.7 Å². The SMILES string of the molecule is CNCC(=O)N/N=C/c1cc2c(Br)c3c(c(O)c2c(=O)[nH]1)[C@@]1(CC3)C(O)=c2c(=O)c3c(=O)cc(OC)c(=O)c=3c(=O)c2=C1O. The monoisotopic (exact) mass is 664 g/mol. The van der Waals surface area contributed by atoms with Crippen LogP contribution in [0.2, 0.25) is 0 Å². The first kappa shape index (κ1) is 28.9. The van der Waals surface area contributed by atoms with Gasteiger partial charge in [-0.2, -0.15) is 5.10 Å². The van der Waals surface area contributed by atoms with Gasteiger partial charge < -0.3 is 30.4 Å². The number of benzene rings is 1. The van der Waals surface area contributed by atoms with E-state index in [0.717, 1.165) is 13.2 Å². The van der Waals surface area contributed by atoms with Crippen LogP contribution in [0.15, 0.2) is 45.7 Å². The predicted octanol–water partition coefficient (Wildman–Crippen LogP) is -2.05. The van der Waals surface area contributed by atoms with E-state index in [1.807, 2.05) is 0 Å². The van der Waals surface area contributed by atoms with Gasteiger partial charge in [0.2, 0.25) is 16.3 Å². The molecule has 1 aromatic carbocycles. The third kappa shape index (κ3) is 3.65. The van der Waals surface area contributed by atoms with Crippen molar-refractivity contribution in [3.05, 3.63) is 106 Å². The molecule has 0 saturated heterocycles. The Hall–Kier alpha value is -5.15. The van der Waals surface area contributed by atoms with Gasteiger partial charge >= 0.3 is 0 Å². The van der Waals surface area contributed by atoms with Gasteiger partial charge in [0, 0.05) is 21.5 Å². The highest BCUT2D eigenvalue weighted by Crippen LogP contribution is 2.56. The molecule has 0 aliphatic heterocycles. The van der Waals surface area contributed by atoms with Crippen molar-refractivity contribution < 1.29 is 24.9 Å². The molecule has 224 valence electrons. The van der Waals surface area contributed by atoms with Crippen LogP contribution in [0.4, 0.5) is 0 Å². The first-order valence-corrected chi connectivity index (χ1v) is 13.8. The summed E-state index contributed by atoms with van der Waals surface area (Å²) in [5, 5.41) is 38.3. The molecule has 1 amide bonds. The van der Waals surface area contributed by atoms with Crippen LogP contribution < -0.4 is 53.2 Å². The Kier molecular flexibility index (Phi) is 6.55. The van der Waals surface area contributed by atoms with Gasteiger partial charge in [-0.1, -0.05) is 0 Å². The molecule has 1 spiro atoms. The summed E-state index contributed by atoms with van der Waals surface area (Å²) in [5.41, 5.74) is -4.45. The number of aromatic amines is 1. The molecule has 0 unspecified atom stereocenters. The summed E-state index contributed by atoms with van der Waals surface area (Å²) in [7, 11) is 2.69. The van der Waals surface area contributed by atoms with E-state index in [4.69, 9.17) is 4.74 Å². The molecule has 0 saturated carbocycles. The summed E-state index contributed by atoms with van der Waals surface area (Å²) in [6.45, 7) is 0.0124. The van der Waals surface area contributed by atoms with Crippen molar-refractivity contribution in [1.82, 2.24) is 15.7 Å². The highest BCUT2D eigenvalue weighted by atomic mass is 79.9. The van der Waals surface area contributed by atoms with Crippen LogP contribution in [0.1, 0.15) is 23.2 Å². The van der Waals surface area contributed by atoms with Crippen LogP contribution in [-0.4, -0.2) is 53.1 Å². The molecule has 14 nitrogen and oxygen atoms in total. The summed E-state index contributed by atoms with van der Waals surface area (Å²) in [4.78, 5) is 80.4. The second kappa shape index (κ2) is 9.96. The number of phenols is 1. The smallest absolute Gasteiger partial charge is 0.260 e. The Bertz CT molecular complexity index is 2500. The lowest BCUT2D eigenvalue weighted by molar-refractivity contribution is -0.120. The number of rotatable bonds is 5. The lowest BCUT2D eigenvalue weighted by Gasteiger charge is -2.27. The number of hydrogen-bond donors (Lipinski definition) is 6. The number of hydrazone groups is 1. The maximum Gasteiger partial charge on any atom is 0.260 e. The van der Waals surface area contributed by atoms with E-state index in [1.165, 1.54) is 12.3 Å². The number of phenolic OH excluding ortho intramolecular Hbond substituents is 1. The number of pyridine rings is 1. The summed E-state index contributed by atoms with van der Waals surface area (Å²) < 4.78 is 5.21. The number of halogens is 1. The molecule has 0 fully saturated rings. The van der Waals surface area contributed by atoms with E-state index in [2.05, 4.69) is 36.8 Å². The molecule has 0 radical (unpaired) electrons. The van der Waals surface area contributed by atoms with Crippen LogP contribution in [-0.2, 0) is 16.6 Å². The minimum Gasteiger partial charge on any atom is -0.510 e. The second-order valence-corrected chi connectivity index (χ2v) is 11.1. The Labute approximate surface area is 251 Å². The van der Waals surface area contributed by atoms with Crippen LogP contribution in [0.5, 0.6) is 11.5 Å². The number of aliphatic hydroxyl groups is 2. The average Bonchev–Trinajstić information content (AvgIpc) is 3.49. The molecule has 4 aliphatic rings. The molecular weight excluding hydrogens is 644 g/mol. The van der Waals surface area contributed by atoms with Gasteiger partial charge in [0.15, 0.2) is 11.2 Å². The Morgan fingerprint density at radius 2 is 1.70 bits per heavy atom. The Balaban J connectivity index is 1.66. The number of amides is 1. The molecule has 1 heterocycles. The normalized spacial score (nSPS) is 17.2. The van der Waals surface area contributed by atoms with Gasteiger partial charge in [0.25, 0.3) is 11.5 Å². The van der Waals surface area contributed by atoms with Crippen molar-refractivity contribution in [2.45, 2.75) is 18.3 Å². The lowest BCUT2D eigenvalue weighted by atomic mass is 9.78. The van der Waals surface area contributed by atoms with Gasteiger partial charge in [-0.15, -0.1) is 0 Å². The molecule has 1 aromatic heterocycles. The summed E-state index contributed by atoms with van der Waals surface area (Å²) >= 11 is 3.46. The third-order valence-electron chi connectivity index (χ3n) is 8.11. The third-order valence-corrected chi connectivity index (χ3v) is 9.01. The number of carbonyl (C=O) groups excluding carboxylic acids is 1. The number of likely N-dealkylation sites (N-methyl/N-ethyl adjacent to an activating group) is 1. The van der Waals surface area contributed by atoms with Crippen LogP contribution >= 0.6 is 15.9 Å². The Morgan fingerprint density at radius 1 is 1.05 bits per heavy atom. The van der Waals surface area contributed by atoms with Gasteiger partial charge in [0.05, 0.1) is 51.8 Å². The summed E-state index contributed by atoms with van der Waals surface area (Å²) in [5.74, 6) is -3.13. The number of carbonyl (C=O) groups is 1. The maximum atomic E-state index is 13.6. The number of ether oxygens (including phenoxy) is 1. The highest BCUT2D eigenvalue weighted by Gasteiger charge is 2.53. The Morgan fingerprint density at radius 3 is 2.34 bits per heavy atom. The van der Waals surface area contributed by atoms with Crippen molar-refractivity contribution in [2.24, 2.45) is 5.10 Å². The zero-order valence-corrected chi connectivity index (χ0v) is 24.5. The van der Waals surface area contributed by atoms with Gasteiger partial charge in [-0.3, -0.25) is 28.8 Å². The van der Waals surface area contributed by atoms with Crippen molar-refractivity contribution in [3.63, 3.8) is 0 Å². The molecular formula is C29H21BrN4O10. The maximum absolute atomic E-state index is 13.6. The minimum absolute atomic E-state index is 0.0124. The predicted molar refractivity (Wildman–Crippen MR) is 161 cm³/mol. The lowest BCUT2D eigenvalue weighted by Crippen LogP contribution is -2.51. The van der Waals surface area contributed by atoms with Gasteiger partial charge in [-0.05, 0) is 47.4 Å². The summed E-state index contributed by atoms with van der Waals surface area (Å²) in [6.07, 6.45) is 1.14. The minimum atomic E-state index is -2.03. The number of hydrogen-bond acceptors (Lipinski definition) is 12. The van der Waals surface area contributed by atoms with Gasteiger partial charge in [-0.25, -0.2) is 5.43 Å². The number of aromatic nitrogens is 1. The zero-order valence-electron chi connectivity index (χ0n) is 22.9. The fraction of sp³-hybridized carbons (Fsp3) is 0.207. The number of aromatic hydroxyl groups is 1. The average molecular weight is 665 g/mol. The fourth-order valence-corrected chi connectivity index (χ4v) is 6.96. The van der Waals surface area contributed by atoms with E-state index in [0.29, 0.717) is 10.0 Å². The topological polar surface area (TPSA) is 225 Å². The highest BCUT2D eigenvalue weighted by molar-refractivity contribution is 9.10. The van der Waals surface area contributed by atoms with Crippen LogP contribution in [0.25, 0.3) is 22.3 Å². The van der Waals surface area contributed by atoms with Crippen molar-refractivity contribution in [3.8, 4) is 11.5 Å². The fourth-order valence-electron chi connectivity index (χ4n) is 6.26. The van der Waals surface area contributed by atoms with Crippen LogP contribution in [0, 0.1) is 10.4 Å². The van der Waals surface area contributed by atoms with E-state index in [-0.39, 0.29) is 41.4 Å². The number of nitrogens with one attached hydrogen (secondary N) is 3. The van der Waals surface area contributed by atoms with E-state index in [9.17, 15) is 44.1 Å². The summed E-state index contributed by atoms with van der Waals surface area (Å²) in [6, 6.07) is 2.25. The molecule has 44 heavy (non-hydrogen) atoms. The standard InChI is InChI=1S/C29H21BrN4O10/c1-31-8-14(36)34-32-7-9-5-11-15(28(43)33-9)25(40)20-10(21(11)30)3-4-29(20)26(41)18-19(27(29)42)24(39)17-16(23(18)38)12(35)6-13(44-2)22(17)37/h5-7,31,40-42H,3-4,8H2,1-2H3,(H,33,43)(H,34,36)/b32-7+/t29-/m0/s1. The molecule has 6 rings (SSSR count). The second-order valence-electron chi connectivity index (χ2n) is 10.3. The number of aliphatic hydroxyl groups excluding tert-OH is 2. The molecule has 15 heteroatoms. The first-order valence-electron chi connectivity index (χ1n) is 13.0. The zero-order chi connectivity index (χ0) is 31.8. The largest absolute Gasteiger partial charge is 0.510 e. The number of methoxy groups -OCH3 is 1. The number of H-pyrrole nitrogens is 1. The van der Waals surface area contributed by atoms with E-state index < -0.39 is 82.5 Å². The molecule has 6 N–H and O–H groups in total. The van der Waals surface area contributed by atoms with Crippen LogP contribution in [0.3, 0.4) is 0 Å². The molecule has 1 atom stereocenters.